The van der Waals surface area contributed by atoms with E-state index >= 15 is 0 Å². The summed E-state index contributed by atoms with van der Waals surface area (Å²) < 4.78 is 25.0. The summed E-state index contributed by atoms with van der Waals surface area (Å²) in [5.74, 6) is 0. The predicted molar refractivity (Wildman–Crippen MR) is 71.0 cm³/mol. The van der Waals surface area contributed by atoms with Crippen molar-refractivity contribution in [3.8, 4) is 0 Å². The molecule has 88 valence electrons. The van der Waals surface area contributed by atoms with Gasteiger partial charge in [0, 0.05) is 11.4 Å². The first-order valence-corrected chi connectivity index (χ1v) is 6.66. The SMILES string of the molecule is N=S(=O)(Nc1ccccc1)Nc1ccccc1. The number of hydrogen-bond acceptors (Lipinski definition) is 2. The number of benzene rings is 2. The first-order chi connectivity index (χ1) is 8.16. The predicted octanol–water partition coefficient (Wildman–Crippen LogP) is 3.09. The molecule has 0 unspecified atom stereocenters. The summed E-state index contributed by atoms with van der Waals surface area (Å²) >= 11 is 0. The van der Waals surface area contributed by atoms with E-state index < -0.39 is 10.1 Å². The van der Waals surface area contributed by atoms with Crippen molar-refractivity contribution in [2.24, 2.45) is 0 Å². The summed E-state index contributed by atoms with van der Waals surface area (Å²) in [6.07, 6.45) is 0. The van der Waals surface area contributed by atoms with Crippen molar-refractivity contribution in [1.82, 2.24) is 0 Å². The molecular weight excluding hydrogens is 234 g/mol. The Morgan fingerprint density at radius 2 is 1.12 bits per heavy atom. The Kier molecular flexibility index (Phi) is 3.30. The molecule has 2 aromatic rings. The van der Waals surface area contributed by atoms with Crippen LogP contribution in [-0.4, -0.2) is 4.21 Å². The molecule has 0 atom stereocenters. The minimum atomic E-state index is -3.09. The molecule has 0 bridgehead atoms. The minimum Gasteiger partial charge on any atom is -0.283 e. The number of para-hydroxylation sites is 2. The van der Waals surface area contributed by atoms with Crippen LogP contribution in [0.3, 0.4) is 0 Å². The molecule has 0 spiro atoms. The lowest BCUT2D eigenvalue weighted by Crippen LogP contribution is -2.19. The van der Waals surface area contributed by atoms with Crippen molar-refractivity contribution in [3.05, 3.63) is 60.7 Å². The summed E-state index contributed by atoms with van der Waals surface area (Å²) in [5, 5.41) is 0. The standard InChI is InChI=1S/C12H13N3OS/c13-17(16,14-11-7-3-1-4-8-11)15-12-9-5-2-6-10-12/h1-10H,(H3,13,14,15,16). The molecule has 4 nitrogen and oxygen atoms in total. The highest BCUT2D eigenvalue weighted by Crippen LogP contribution is 2.12. The maximum absolute atomic E-state index is 12.0. The molecule has 0 aliphatic rings. The van der Waals surface area contributed by atoms with Crippen LogP contribution in [0.4, 0.5) is 11.4 Å². The normalized spacial score (nSPS) is 10.8. The second kappa shape index (κ2) is 4.88. The highest BCUT2D eigenvalue weighted by Gasteiger charge is 2.04. The molecule has 17 heavy (non-hydrogen) atoms. The van der Waals surface area contributed by atoms with Gasteiger partial charge in [-0.15, -0.1) is 0 Å². The van der Waals surface area contributed by atoms with Gasteiger partial charge in [-0.3, -0.25) is 9.44 Å². The van der Waals surface area contributed by atoms with Gasteiger partial charge in [-0.2, -0.15) is 0 Å². The van der Waals surface area contributed by atoms with Crippen LogP contribution in [0.5, 0.6) is 0 Å². The van der Waals surface area contributed by atoms with Crippen molar-refractivity contribution in [2.75, 3.05) is 9.44 Å². The van der Waals surface area contributed by atoms with Gasteiger partial charge in [0.05, 0.1) is 0 Å². The highest BCUT2D eigenvalue weighted by atomic mass is 32.2. The van der Waals surface area contributed by atoms with Gasteiger partial charge in [-0.25, -0.2) is 8.99 Å². The number of anilines is 2. The lowest BCUT2D eigenvalue weighted by Gasteiger charge is -2.12. The Labute approximate surface area is 101 Å². The Morgan fingerprint density at radius 1 is 0.765 bits per heavy atom. The number of nitrogens with one attached hydrogen (secondary N) is 3. The third kappa shape index (κ3) is 3.49. The highest BCUT2D eigenvalue weighted by molar-refractivity contribution is 7.95. The fourth-order valence-corrected chi connectivity index (χ4v) is 2.36. The van der Waals surface area contributed by atoms with Crippen LogP contribution in [0.2, 0.25) is 0 Å². The first kappa shape index (κ1) is 11.5. The summed E-state index contributed by atoms with van der Waals surface area (Å²) in [7, 11) is -3.09. The van der Waals surface area contributed by atoms with Gasteiger partial charge in [-0.1, -0.05) is 36.4 Å². The smallest absolute Gasteiger partial charge is 0.215 e. The van der Waals surface area contributed by atoms with Gasteiger partial charge >= 0.3 is 0 Å². The molecular formula is C12H13N3OS. The molecule has 0 saturated heterocycles. The Balaban J connectivity index is 2.11. The molecule has 0 heterocycles. The van der Waals surface area contributed by atoms with Crippen LogP contribution in [0.25, 0.3) is 0 Å². The Bertz CT molecular complexity index is 520. The van der Waals surface area contributed by atoms with E-state index in [1.54, 1.807) is 24.3 Å². The van der Waals surface area contributed by atoms with Gasteiger partial charge in [0.25, 0.3) is 0 Å². The van der Waals surface area contributed by atoms with E-state index in [9.17, 15) is 4.21 Å². The monoisotopic (exact) mass is 247 g/mol. The van der Waals surface area contributed by atoms with Crippen LogP contribution >= 0.6 is 0 Å². The Hall–Kier alpha value is -2.01. The number of hydrogen-bond donors (Lipinski definition) is 3. The maximum Gasteiger partial charge on any atom is 0.215 e. The van der Waals surface area contributed by atoms with Crippen LogP contribution in [-0.2, 0) is 10.1 Å². The Morgan fingerprint density at radius 3 is 1.47 bits per heavy atom. The molecule has 0 amide bonds. The average Bonchev–Trinajstić information content (AvgIpc) is 2.30. The van der Waals surface area contributed by atoms with Crippen molar-refractivity contribution in [3.63, 3.8) is 0 Å². The van der Waals surface area contributed by atoms with Crippen molar-refractivity contribution in [2.45, 2.75) is 0 Å². The third-order valence-electron chi connectivity index (χ3n) is 2.07. The molecule has 0 aliphatic carbocycles. The molecule has 0 aromatic heterocycles. The van der Waals surface area contributed by atoms with Gasteiger partial charge in [0.2, 0.25) is 10.1 Å². The van der Waals surface area contributed by atoms with E-state index in [-0.39, 0.29) is 0 Å². The maximum atomic E-state index is 12.0. The second-order valence-corrected chi connectivity index (χ2v) is 5.01. The summed E-state index contributed by atoms with van der Waals surface area (Å²) in [6, 6.07) is 18.1. The zero-order valence-corrected chi connectivity index (χ0v) is 9.91. The second-order valence-electron chi connectivity index (χ2n) is 3.49. The minimum absolute atomic E-state index is 0.649. The van der Waals surface area contributed by atoms with E-state index in [0.717, 1.165) is 0 Å². The summed E-state index contributed by atoms with van der Waals surface area (Å²) in [4.78, 5) is 0. The van der Waals surface area contributed by atoms with E-state index in [4.69, 9.17) is 4.78 Å². The zero-order chi connectivity index (χ0) is 12.1. The van der Waals surface area contributed by atoms with Crippen LogP contribution in [0.1, 0.15) is 0 Å². The molecule has 3 N–H and O–H groups in total. The molecule has 2 aromatic carbocycles. The fraction of sp³-hybridized carbons (Fsp3) is 0. The average molecular weight is 247 g/mol. The number of rotatable bonds is 4. The van der Waals surface area contributed by atoms with Gasteiger partial charge in [-0.05, 0) is 24.3 Å². The van der Waals surface area contributed by atoms with Crippen molar-refractivity contribution in [1.29, 1.82) is 4.78 Å². The van der Waals surface area contributed by atoms with E-state index in [2.05, 4.69) is 9.44 Å². The quantitative estimate of drug-likeness (QED) is 0.763. The summed E-state index contributed by atoms with van der Waals surface area (Å²) in [5.41, 5.74) is 1.30. The molecule has 0 fully saturated rings. The van der Waals surface area contributed by atoms with Gasteiger partial charge < -0.3 is 0 Å². The van der Waals surface area contributed by atoms with E-state index in [0.29, 0.717) is 11.4 Å². The van der Waals surface area contributed by atoms with Crippen LogP contribution in [0.15, 0.2) is 60.7 Å². The van der Waals surface area contributed by atoms with Crippen molar-refractivity contribution < 1.29 is 4.21 Å². The summed E-state index contributed by atoms with van der Waals surface area (Å²) in [6.45, 7) is 0. The van der Waals surface area contributed by atoms with Crippen LogP contribution < -0.4 is 9.44 Å². The van der Waals surface area contributed by atoms with Gasteiger partial charge in [0.1, 0.15) is 0 Å². The van der Waals surface area contributed by atoms with Crippen LogP contribution in [0, 0.1) is 4.78 Å². The topological polar surface area (TPSA) is 65.0 Å². The fourth-order valence-electron chi connectivity index (χ4n) is 1.37. The first-order valence-electron chi connectivity index (χ1n) is 5.10. The lowest BCUT2D eigenvalue weighted by atomic mass is 10.3. The lowest BCUT2D eigenvalue weighted by molar-refractivity contribution is 0.682. The van der Waals surface area contributed by atoms with Gasteiger partial charge in [0.15, 0.2) is 0 Å². The molecule has 5 heteroatoms. The van der Waals surface area contributed by atoms with E-state index in [1.165, 1.54) is 0 Å². The van der Waals surface area contributed by atoms with E-state index in [1.807, 2.05) is 36.4 Å². The zero-order valence-electron chi connectivity index (χ0n) is 9.09. The van der Waals surface area contributed by atoms with Crippen molar-refractivity contribution >= 4 is 21.5 Å². The molecule has 0 aliphatic heterocycles. The largest absolute Gasteiger partial charge is 0.283 e. The third-order valence-corrected chi connectivity index (χ3v) is 3.12. The molecule has 2 rings (SSSR count). The molecule has 0 saturated carbocycles. The molecule has 0 radical (unpaired) electrons.